The highest BCUT2D eigenvalue weighted by molar-refractivity contribution is 5.76. The van der Waals surface area contributed by atoms with Gasteiger partial charge in [0, 0.05) is 25.6 Å². The fraction of sp³-hybridized carbons (Fsp3) is 0.588. The lowest BCUT2D eigenvalue weighted by Crippen LogP contribution is -2.33. The molecule has 1 saturated carbocycles. The van der Waals surface area contributed by atoms with Crippen LogP contribution in [0.1, 0.15) is 24.8 Å². The van der Waals surface area contributed by atoms with Gasteiger partial charge in [0.15, 0.2) is 0 Å². The molecule has 114 valence electrons. The second kappa shape index (κ2) is 6.06. The second-order valence-electron chi connectivity index (χ2n) is 6.32. The van der Waals surface area contributed by atoms with Crippen molar-refractivity contribution in [3.8, 4) is 5.75 Å². The first-order valence-corrected chi connectivity index (χ1v) is 7.83. The zero-order valence-corrected chi connectivity index (χ0v) is 12.6. The Labute approximate surface area is 126 Å². The quantitative estimate of drug-likeness (QED) is 0.919. The molecule has 2 N–H and O–H groups in total. The molecule has 2 aliphatic rings. The van der Waals surface area contributed by atoms with E-state index in [1.54, 1.807) is 7.11 Å². The van der Waals surface area contributed by atoms with Crippen LogP contribution < -0.4 is 10.5 Å². The van der Waals surface area contributed by atoms with E-state index in [0.717, 1.165) is 37.2 Å². The maximum atomic E-state index is 12.4. The van der Waals surface area contributed by atoms with Crippen LogP contribution in [0.15, 0.2) is 24.3 Å². The molecule has 1 aromatic carbocycles. The summed E-state index contributed by atoms with van der Waals surface area (Å²) in [4.78, 5) is 14.4. The highest BCUT2D eigenvalue weighted by atomic mass is 16.5. The number of methoxy groups -OCH3 is 1. The topological polar surface area (TPSA) is 55.6 Å². The third kappa shape index (κ3) is 3.05. The number of likely N-dealkylation sites (tertiary alicyclic amines) is 1. The van der Waals surface area contributed by atoms with Crippen molar-refractivity contribution in [2.45, 2.75) is 31.7 Å². The number of carbonyl (C=O) groups is 1. The van der Waals surface area contributed by atoms with Crippen molar-refractivity contribution >= 4 is 5.91 Å². The summed E-state index contributed by atoms with van der Waals surface area (Å²) in [5.74, 6) is 2.28. The maximum Gasteiger partial charge on any atom is 0.222 e. The molecule has 3 unspecified atom stereocenters. The van der Waals surface area contributed by atoms with Gasteiger partial charge in [0.2, 0.25) is 5.91 Å². The number of fused-ring (bicyclic) bond motifs is 1. The van der Waals surface area contributed by atoms with Crippen molar-refractivity contribution in [3.05, 3.63) is 29.8 Å². The van der Waals surface area contributed by atoms with Gasteiger partial charge in [-0.3, -0.25) is 4.79 Å². The molecule has 1 aliphatic carbocycles. The Hall–Kier alpha value is -1.55. The minimum Gasteiger partial charge on any atom is -0.497 e. The lowest BCUT2D eigenvalue weighted by atomic mass is 9.98. The monoisotopic (exact) mass is 288 g/mol. The molecular weight excluding hydrogens is 264 g/mol. The number of ether oxygens (including phenoxy) is 1. The van der Waals surface area contributed by atoms with E-state index in [9.17, 15) is 4.79 Å². The van der Waals surface area contributed by atoms with Crippen LogP contribution in [-0.2, 0) is 11.2 Å². The molecule has 3 rings (SSSR count). The Bertz CT molecular complexity index is 517. The first-order chi connectivity index (χ1) is 10.2. The average molecular weight is 288 g/mol. The van der Waals surface area contributed by atoms with Gasteiger partial charge in [-0.15, -0.1) is 0 Å². The fourth-order valence-corrected chi connectivity index (χ4v) is 3.75. The zero-order chi connectivity index (χ0) is 14.8. The highest BCUT2D eigenvalue weighted by Gasteiger charge is 2.42. The molecule has 21 heavy (non-hydrogen) atoms. The highest BCUT2D eigenvalue weighted by Crippen LogP contribution is 2.37. The largest absolute Gasteiger partial charge is 0.497 e. The Morgan fingerprint density at radius 3 is 3.00 bits per heavy atom. The molecular formula is C17H24N2O2. The van der Waals surface area contributed by atoms with Gasteiger partial charge in [0.1, 0.15) is 5.75 Å². The molecule has 0 bridgehead atoms. The predicted molar refractivity (Wildman–Crippen MR) is 82.1 cm³/mol. The number of hydrogen-bond acceptors (Lipinski definition) is 3. The van der Waals surface area contributed by atoms with Crippen molar-refractivity contribution in [3.63, 3.8) is 0 Å². The van der Waals surface area contributed by atoms with Gasteiger partial charge >= 0.3 is 0 Å². The van der Waals surface area contributed by atoms with Crippen LogP contribution in [0.4, 0.5) is 0 Å². The van der Waals surface area contributed by atoms with Crippen LogP contribution >= 0.6 is 0 Å². The lowest BCUT2D eigenvalue weighted by molar-refractivity contribution is -0.130. The number of benzene rings is 1. The summed E-state index contributed by atoms with van der Waals surface area (Å²) in [5.41, 5.74) is 7.28. The van der Waals surface area contributed by atoms with Crippen LogP contribution in [0.5, 0.6) is 5.75 Å². The minimum absolute atomic E-state index is 0.263. The minimum atomic E-state index is 0.263. The molecule has 1 aliphatic heterocycles. The van der Waals surface area contributed by atoms with Crippen LogP contribution in [0.3, 0.4) is 0 Å². The van der Waals surface area contributed by atoms with Crippen molar-refractivity contribution < 1.29 is 9.53 Å². The number of rotatable bonds is 4. The van der Waals surface area contributed by atoms with E-state index in [4.69, 9.17) is 10.5 Å². The molecule has 1 saturated heterocycles. The summed E-state index contributed by atoms with van der Waals surface area (Å²) in [7, 11) is 1.66. The zero-order valence-electron chi connectivity index (χ0n) is 12.6. The summed E-state index contributed by atoms with van der Waals surface area (Å²) < 4.78 is 5.21. The van der Waals surface area contributed by atoms with Gasteiger partial charge < -0.3 is 15.4 Å². The average Bonchev–Trinajstić information content (AvgIpc) is 3.07. The second-order valence-corrected chi connectivity index (χ2v) is 6.32. The van der Waals surface area contributed by atoms with E-state index in [2.05, 4.69) is 0 Å². The number of hydrogen-bond donors (Lipinski definition) is 1. The first kappa shape index (κ1) is 14.4. The van der Waals surface area contributed by atoms with Gasteiger partial charge in [-0.25, -0.2) is 0 Å². The summed E-state index contributed by atoms with van der Waals surface area (Å²) in [6.07, 6.45) is 3.66. The third-order valence-electron chi connectivity index (χ3n) is 5.03. The van der Waals surface area contributed by atoms with Crippen LogP contribution in [0.2, 0.25) is 0 Å². The third-order valence-corrected chi connectivity index (χ3v) is 5.03. The van der Waals surface area contributed by atoms with Gasteiger partial charge in [-0.1, -0.05) is 12.1 Å². The van der Waals surface area contributed by atoms with Crippen molar-refractivity contribution in [1.82, 2.24) is 4.90 Å². The molecule has 1 amide bonds. The standard InChI is InChI=1S/C17H24N2O2/c1-21-14-4-2-3-12(9-14)5-8-17(20)19-10-13-6-7-16(18)15(13)11-19/h2-4,9,13,15-16H,5-8,10-11,18H2,1H3. The van der Waals surface area contributed by atoms with Crippen molar-refractivity contribution in [2.75, 3.05) is 20.2 Å². The normalized spacial score (nSPS) is 27.7. The van der Waals surface area contributed by atoms with Gasteiger partial charge in [0.05, 0.1) is 7.11 Å². The number of amides is 1. The Morgan fingerprint density at radius 1 is 1.38 bits per heavy atom. The summed E-state index contributed by atoms with van der Waals surface area (Å²) >= 11 is 0. The van der Waals surface area contributed by atoms with Crippen LogP contribution in [0.25, 0.3) is 0 Å². The Balaban J connectivity index is 1.53. The number of nitrogens with zero attached hydrogens (tertiary/aromatic N) is 1. The van der Waals surface area contributed by atoms with Crippen LogP contribution in [0, 0.1) is 11.8 Å². The molecule has 1 heterocycles. The Kier molecular flexibility index (Phi) is 4.15. The van der Waals surface area contributed by atoms with Gasteiger partial charge in [-0.2, -0.15) is 0 Å². The molecule has 0 radical (unpaired) electrons. The SMILES string of the molecule is COc1cccc(CCC(=O)N2CC3CCC(N)C3C2)c1. The fourth-order valence-electron chi connectivity index (χ4n) is 3.75. The van der Waals surface area contributed by atoms with E-state index >= 15 is 0 Å². The molecule has 4 nitrogen and oxygen atoms in total. The van der Waals surface area contributed by atoms with E-state index in [0.29, 0.717) is 24.3 Å². The van der Waals surface area contributed by atoms with Crippen molar-refractivity contribution in [1.29, 1.82) is 0 Å². The van der Waals surface area contributed by atoms with Crippen LogP contribution in [-0.4, -0.2) is 37.0 Å². The summed E-state index contributed by atoms with van der Waals surface area (Å²) in [5, 5.41) is 0. The Morgan fingerprint density at radius 2 is 2.24 bits per heavy atom. The molecule has 0 aromatic heterocycles. The lowest BCUT2D eigenvalue weighted by Gasteiger charge is -2.18. The molecule has 2 fully saturated rings. The van der Waals surface area contributed by atoms with Gasteiger partial charge in [-0.05, 0) is 48.8 Å². The number of carbonyl (C=O) groups excluding carboxylic acids is 1. The smallest absolute Gasteiger partial charge is 0.222 e. The van der Waals surface area contributed by atoms with Crippen molar-refractivity contribution in [2.24, 2.45) is 17.6 Å². The van der Waals surface area contributed by atoms with E-state index in [1.807, 2.05) is 29.2 Å². The maximum absolute atomic E-state index is 12.4. The van der Waals surface area contributed by atoms with Gasteiger partial charge in [0.25, 0.3) is 0 Å². The molecule has 0 spiro atoms. The summed E-state index contributed by atoms with van der Waals surface area (Å²) in [6.45, 7) is 1.78. The van der Waals surface area contributed by atoms with E-state index < -0.39 is 0 Å². The predicted octanol–water partition coefficient (Wildman–Crippen LogP) is 1.82. The molecule has 3 atom stereocenters. The number of nitrogens with two attached hydrogens (primary N) is 1. The number of aryl methyl sites for hydroxylation is 1. The summed E-state index contributed by atoms with van der Waals surface area (Å²) in [6, 6.07) is 8.24. The molecule has 4 heteroatoms. The molecule has 1 aromatic rings. The van der Waals surface area contributed by atoms with E-state index in [-0.39, 0.29) is 5.91 Å². The van der Waals surface area contributed by atoms with E-state index in [1.165, 1.54) is 6.42 Å². The first-order valence-electron chi connectivity index (χ1n) is 7.83.